The number of esters is 2. The normalized spacial score (nSPS) is 54.1. The molecule has 2 fully saturated rings. The molecule has 0 aromatic carbocycles. The molecule has 0 aromatic heterocycles. The molecule has 15 heavy (non-hydrogen) atoms. The minimum absolute atomic E-state index is 0.147. The molecule has 2 aliphatic carbocycles. The highest BCUT2D eigenvalue weighted by atomic mass is 16.6. The van der Waals surface area contributed by atoms with Gasteiger partial charge in [-0.25, -0.2) is 0 Å². The van der Waals surface area contributed by atoms with E-state index in [-0.39, 0.29) is 12.8 Å². The van der Waals surface area contributed by atoms with Crippen molar-refractivity contribution < 1.29 is 19.8 Å². The standard InChI is InChI=1S/C12H14O3/c13-9-11-5-1-2-6-12(11,10(14)15-9)8-4-3-7-11/h1-2H,3-8H2/i5D2,6D2. The number of ether oxygens (including phenoxy) is 1. The van der Waals surface area contributed by atoms with Crippen molar-refractivity contribution in [2.24, 2.45) is 10.8 Å². The molecular formula is C12H14O3. The molecular weight excluding hydrogens is 192 g/mol. The Morgan fingerprint density at radius 1 is 1.07 bits per heavy atom. The third-order valence-electron chi connectivity index (χ3n) is 3.71. The summed E-state index contributed by atoms with van der Waals surface area (Å²) in [6, 6.07) is 0. The zero-order valence-corrected chi connectivity index (χ0v) is 8.21. The van der Waals surface area contributed by atoms with Crippen molar-refractivity contribution in [2.45, 2.75) is 38.4 Å². The average Bonchev–Trinajstić information content (AvgIpc) is 2.58. The Bertz CT molecular complexity index is 469. The zero-order chi connectivity index (χ0) is 14.1. The molecule has 1 heterocycles. The Morgan fingerprint density at radius 2 is 1.53 bits per heavy atom. The summed E-state index contributed by atoms with van der Waals surface area (Å²) in [5.74, 6) is -1.81. The molecule has 3 nitrogen and oxygen atoms in total. The number of hydrogen-bond acceptors (Lipinski definition) is 3. The van der Waals surface area contributed by atoms with E-state index in [1.54, 1.807) is 0 Å². The number of carbonyl (C=O) groups excluding carboxylic acids is 2. The lowest BCUT2D eigenvalue weighted by molar-refractivity contribution is -0.155. The van der Waals surface area contributed by atoms with Crippen LogP contribution in [0.25, 0.3) is 0 Å². The minimum atomic E-state index is -2.07. The van der Waals surface area contributed by atoms with Crippen LogP contribution in [0.4, 0.5) is 0 Å². The van der Waals surface area contributed by atoms with Crippen molar-refractivity contribution in [3.8, 4) is 0 Å². The highest BCUT2D eigenvalue weighted by Crippen LogP contribution is 2.61. The van der Waals surface area contributed by atoms with Gasteiger partial charge in [0.15, 0.2) is 0 Å². The summed E-state index contributed by atoms with van der Waals surface area (Å²) in [7, 11) is 0. The molecule has 1 saturated carbocycles. The molecule has 80 valence electrons. The van der Waals surface area contributed by atoms with Gasteiger partial charge in [-0.1, -0.05) is 25.0 Å². The highest BCUT2D eigenvalue weighted by Gasteiger charge is 2.68. The minimum Gasteiger partial charge on any atom is -0.392 e. The van der Waals surface area contributed by atoms with Gasteiger partial charge in [0.1, 0.15) is 0 Å². The Hall–Kier alpha value is -1.12. The van der Waals surface area contributed by atoms with E-state index in [1.165, 1.54) is 0 Å². The van der Waals surface area contributed by atoms with Crippen LogP contribution < -0.4 is 0 Å². The Kier molecular flexibility index (Phi) is 1.05. The topological polar surface area (TPSA) is 43.4 Å². The number of carbonyl (C=O) groups is 2. The van der Waals surface area contributed by atoms with E-state index >= 15 is 0 Å². The Balaban J connectivity index is 2.37. The van der Waals surface area contributed by atoms with Crippen molar-refractivity contribution in [2.75, 3.05) is 0 Å². The van der Waals surface area contributed by atoms with Crippen LogP contribution in [-0.4, -0.2) is 11.9 Å². The molecule has 2 unspecified atom stereocenters. The van der Waals surface area contributed by atoms with Gasteiger partial charge < -0.3 is 4.74 Å². The molecule has 2 atom stereocenters. The van der Waals surface area contributed by atoms with E-state index in [2.05, 4.69) is 0 Å². The molecule has 3 heteroatoms. The summed E-state index contributed by atoms with van der Waals surface area (Å²) in [6.45, 7) is 0. The second-order valence-electron chi connectivity index (χ2n) is 4.32. The van der Waals surface area contributed by atoms with Gasteiger partial charge in [0, 0.05) is 5.48 Å². The van der Waals surface area contributed by atoms with Crippen LogP contribution in [0.15, 0.2) is 12.2 Å². The number of cyclic esters (lactones) is 2. The van der Waals surface area contributed by atoms with Crippen molar-refractivity contribution in [1.82, 2.24) is 0 Å². The van der Waals surface area contributed by atoms with Gasteiger partial charge in [-0.05, 0) is 25.6 Å². The molecule has 0 N–H and O–H groups in total. The van der Waals surface area contributed by atoms with Gasteiger partial charge >= 0.3 is 11.9 Å². The van der Waals surface area contributed by atoms with Gasteiger partial charge in [0.2, 0.25) is 0 Å². The molecule has 1 aliphatic heterocycles. The fourth-order valence-corrected chi connectivity index (χ4v) is 2.89. The maximum atomic E-state index is 12.2. The molecule has 0 radical (unpaired) electrons. The van der Waals surface area contributed by atoms with Gasteiger partial charge in [-0.3, -0.25) is 9.59 Å². The summed E-state index contributed by atoms with van der Waals surface area (Å²) in [5.41, 5.74) is -3.43. The largest absolute Gasteiger partial charge is 0.392 e. The lowest BCUT2D eigenvalue weighted by Gasteiger charge is -2.44. The number of rotatable bonds is 0. The van der Waals surface area contributed by atoms with Gasteiger partial charge in [-0.15, -0.1) is 0 Å². The smallest absolute Gasteiger partial charge is 0.321 e. The first kappa shape index (κ1) is 5.83. The van der Waals surface area contributed by atoms with Crippen LogP contribution in [-0.2, 0) is 14.3 Å². The van der Waals surface area contributed by atoms with E-state index in [4.69, 9.17) is 10.2 Å². The summed E-state index contributed by atoms with van der Waals surface area (Å²) in [6.07, 6.45) is -0.499. The van der Waals surface area contributed by atoms with E-state index in [1.807, 2.05) is 0 Å². The molecule has 3 rings (SSSR count). The first-order valence-electron chi connectivity index (χ1n) is 7.18. The molecule has 0 aromatic rings. The van der Waals surface area contributed by atoms with Crippen LogP contribution in [0.3, 0.4) is 0 Å². The van der Waals surface area contributed by atoms with E-state index in [9.17, 15) is 9.59 Å². The second-order valence-corrected chi connectivity index (χ2v) is 4.32. The first-order valence-corrected chi connectivity index (χ1v) is 5.18. The van der Waals surface area contributed by atoms with E-state index in [0.717, 1.165) is 12.2 Å². The van der Waals surface area contributed by atoms with Gasteiger partial charge in [0.25, 0.3) is 0 Å². The van der Waals surface area contributed by atoms with Crippen molar-refractivity contribution in [1.29, 1.82) is 0 Å². The predicted octanol–water partition coefficient (Wildman–Crippen LogP) is 1.97. The zero-order valence-electron chi connectivity index (χ0n) is 12.2. The van der Waals surface area contributed by atoms with Gasteiger partial charge in [-0.2, -0.15) is 0 Å². The fraction of sp³-hybridized carbons (Fsp3) is 0.667. The van der Waals surface area contributed by atoms with Crippen molar-refractivity contribution in [3.63, 3.8) is 0 Å². The van der Waals surface area contributed by atoms with Crippen LogP contribution in [0, 0.1) is 10.8 Å². The first-order chi connectivity index (χ1) is 8.71. The second kappa shape index (κ2) is 2.71. The monoisotopic (exact) mass is 210 g/mol. The molecule has 1 saturated heterocycles. The maximum Gasteiger partial charge on any atom is 0.321 e. The van der Waals surface area contributed by atoms with Crippen LogP contribution in [0.1, 0.15) is 43.9 Å². The SMILES string of the molecule is [2H]C1([2H])C=CC([2H])([2H])C23CCCCC12C(=O)OC3=O. The summed E-state index contributed by atoms with van der Waals surface area (Å²) >= 11 is 0. The lowest BCUT2D eigenvalue weighted by Crippen LogP contribution is -2.48. The number of allylic oxidation sites excluding steroid dienone is 2. The summed E-state index contributed by atoms with van der Waals surface area (Å²) < 4.78 is 37.2. The highest BCUT2D eigenvalue weighted by molar-refractivity contribution is 6.02. The Labute approximate surface area is 94.1 Å². The van der Waals surface area contributed by atoms with Gasteiger partial charge in [0.05, 0.1) is 10.8 Å². The van der Waals surface area contributed by atoms with E-state index in [0.29, 0.717) is 12.8 Å². The summed E-state index contributed by atoms with van der Waals surface area (Å²) in [5, 5.41) is 0. The molecule has 3 aliphatic rings. The average molecular weight is 210 g/mol. The molecule has 0 bridgehead atoms. The van der Waals surface area contributed by atoms with Crippen LogP contribution in [0.5, 0.6) is 0 Å². The third-order valence-corrected chi connectivity index (χ3v) is 3.71. The quantitative estimate of drug-likeness (QED) is 0.349. The molecule has 0 spiro atoms. The summed E-state index contributed by atoms with van der Waals surface area (Å²) in [4.78, 5) is 24.4. The number of hydrogen-bond donors (Lipinski definition) is 0. The fourth-order valence-electron chi connectivity index (χ4n) is 2.89. The van der Waals surface area contributed by atoms with Crippen LogP contribution >= 0.6 is 0 Å². The maximum absolute atomic E-state index is 12.2. The molecule has 0 amide bonds. The Morgan fingerprint density at radius 3 is 2.00 bits per heavy atom. The lowest BCUT2D eigenvalue weighted by atomic mass is 9.53. The van der Waals surface area contributed by atoms with E-state index < -0.39 is 35.5 Å². The predicted molar refractivity (Wildman–Crippen MR) is 52.8 cm³/mol. The van der Waals surface area contributed by atoms with Crippen molar-refractivity contribution >= 4 is 11.9 Å². The van der Waals surface area contributed by atoms with Crippen LogP contribution in [0.2, 0.25) is 0 Å². The third kappa shape index (κ3) is 0.869. The van der Waals surface area contributed by atoms with Crippen molar-refractivity contribution in [3.05, 3.63) is 12.2 Å².